The van der Waals surface area contributed by atoms with Gasteiger partial charge in [-0.15, -0.1) is 0 Å². The van der Waals surface area contributed by atoms with Crippen molar-refractivity contribution in [2.45, 2.75) is 12.5 Å². The number of hydrogen-bond acceptors (Lipinski definition) is 6. The molecular formula is C18H18N4O4. The molecule has 0 radical (unpaired) electrons. The summed E-state index contributed by atoms with van der Waals surface area (Å²) >= 11 is 0. The number of carbonyl (C=O) groups is 2. The minimum atomic E-state index is -0.862. The zero-order chi connectivity index (χ0) is 18.7. The van der Waals surface area contributed by atoms with Crippen molar-refractivity contribution in [1.82, 2.24) is 20.1 Å². The van der Waals surface area contributed by atoms with E-state index in [1.165, 1.54) is 25.4 Å². The maximum Gasteiger partial charge on any atom is 0.328 e. The Kier molecular flexibility index (Phi) is 4.83. The molecule has 0 spiro atoms. The van der Waals surface area contributed by atoms with Gasteiger partial charge in [0.1, 0.15) is 17.3 Å². The molecule has 1 atom stereocenters. The number of aromatic nitrogens is 3. The maximum atomic E-state index is 12.6. The number of esters is 1. The summed E-state index contributed by atoms with van der Waals surface area (Å²) in [6, 6.07) is 7.21. The highest BCUT2D eigenvalue weighted by Gasteiger charge is 2.23. The van der Waals surface area contributed by atoms with Crippen LogP contribution in [-0.4, -0.2) is 44.9 Å². The first kappa shape index (κ1) is 17.4. The monoisotopic (exact) mass is 354 g/mol. The minimum Gasteiger partial charge on any atom is -0.508 e. The fraction of sp³-hybridized carbons (Fsp3) is 0.222. The predicted molar refractivity (Wildman–Crippen MR) is 93.6 cm³/mol. The molecule has 0 bridgehead atoms. The van der Waals surface area contributed by atoms with E-state index in [2.05, 4.69) is 15.4 Å². The summed E-state index contributed by atoms with van der Waals surface area (Å²) in [7, 11) is 3.02. The molecule has 0 aliphatic carbocycles. The summed E-state index contributed by atoms with van der Waals surface area (Å²) in [6.07, 6.45) is 3.29. The van der Waals surface area contributed by atoms with Crippen LogP contribution in [0.2, 0.25) is 0 Å². The van der Waals surface area contributed by atoms with Crippen molar-refractivity contribution in [2.75, 3.05) is 7.11 Å². The summed E-state index contributed by atoms with van der Waals surface area (Å²) in [4.78, 5) is 28.8. The molecule has 0 saturated carbocycles. The van der Waals surface area contributed by atoms with Gasteiger partial charge >= 0.3 is 5.97 Å². The lowest BCUT2D eigenvalue weighted by Gasteiger charge is -2.16. The number of rotatable bonds is 5. The van der Waals surface area contributed by atoms with Gasteiger partial charge in [-0.2, -0.15) is 5.10 Å². The van der Waals surface area contributed by atoms with E-state index < -0.39 is 17.9 Å². The van der Waals surface area contributed by atoms with E-state index in [4.69, 9.17) is 4.74 Å². The van der Waals surface area contributed by atoms with Crippen molar-refractivity contribution in [3.8, 4) is 5.75 Å². The molecule has 2 aromatic heterocycles. The van der Waals surface area contributed by atoms with Crippen LogP contribution < -0.4 is 5.32 Å². The molecule has 0 unspecified atom stereocenters. The van der Waals surface area contributed by atoms with Gasteiger partial charge in [0.15, 0.2) is 0 Å². The average molecular weight is 354 g/mol. The Labute approximate surface area is 149 Å². The van der Waals surface area contributed by atoms with E-state index in [0.717, 1.165) is 5.56 Å². The third kappa shape index (κ3) is 3.64. The molecule has 2 heterocycles. The Morgan fingerprint density at radius 1 is 1.27 bits per heavy atom. The van der Waals surface area contributed by atoms with Crippen molar-refractivity contribution in [3.63, 3.8) is 0 Å². The zero-order valence-corrected chi connectivity index (χ0v) is 14.3. The summed E-state index contributed by atoms with van der Waals surface area (Å²) in [5, 5.41) is 16.1. The second-order valence-electron chi connectivity index (χ2n) is 5.82. The number of aryl methyl sites for hydroxylation is 1. The number of methoxy groups -OCH3 is 1. The standard InChI is InChI=1S/C18H18N4O4/c1-22-16-8-12(9-19-15(16)10-20-22)17(24)21-14(18(25)26-2)7-11-3-5-13(23)6-4-11/h3-6,8-10,14,23H,7H2,1-2H3,(H,21,24)/t14-/m0/s1. The van der Waals surface area contributed by atoms with Crippen LogP contribution in [0.15, 0.2) is 42.7 Å². The van der Waals surface area contributed by atoms with Crippen molar-refractivity contribution >= 4 is 22.9 Å². The number of benzene rings is 1. The van der Waals surface area contributed by atoms with Crippen LogP contribution in [0, 0.1) is 0 Å². The fourth-order valence-electron chi connectivity index (χ4n) is 2.59. The summed E-state index contributed by atoms with van der Waals surface area (Å²) in [5.41, 5.74) is 2.49. The number of carbonyl (C=O) groups excluding carboxylic acids is 2. The quantitative estimate of drug-likeness (QED) is 0.667. The van der Waals surface area contributed by atoms with Gasteiger partial charge in [0.05, 0.1) is 24.4 Å². The first-order valence-electron chi connectivity index (χ1n) is 7.92. The van der Waals surface area contributed by atoms with Crippen LogP contribution in [0.3, 0.4) is 0 Å². The SMILES string of the molecule is COC(=O)[C@H](Cc1ccc(O)cc1)NC(=O)c1cnc2cnn(C)c2c1. The van der Waals surface area contributed by atoms with Crippen LogP contribution in [-0.2, 0) is 23.0 Å². The number of phenols is 1. The number of amides is 1. The molecule has 0 aliphatic rings. The van der Waals surface area contributed by atoms with E-state index in [9.17, 15) is 14.7 Å². The summed E-state index contributed by atoms with van der Waals surface area (Å²) in [5.74, 6) is -0.862. The Hall–Kier alpha value is -3.42. The highest BCUT2D eigenvalue weighted by molar-refractivity contribution is 5.98. The molecule has 26 heavy (non-hydrogen) atoms. The normalized spacial score (nSPS) is 11.9. The second kappa shape index (κ2) is 7.22. The molecule has 0 saturated heterocycles. The highest BCUT2D eigenvalue weighted by atomic mass is 16.5. The maximum absolute atomic E-state index is 12.6. The second-order valence-corrected chi connectivity index (χ2v) is 5.82. The van der Waals surface area contributed by atoms with Gasteiger partial charge in [-0.3, -0.25) is 14.5 Å². The molecule has 0 fully saturated rings. The van der Waals surface area contributed by atoms with Crippen LogP contribution in [0.4, 0.5) is 0 Å². The zero-order valence-electron chi connectivity index (χ0n) is 14.3. The third-order valence-corrected chi connectivity index (χ3v) is 4.03. The Balaban J connectivity index is 1.80. The number of pyridine rings is 1. The largest absolute Gasteiger partial charge is 0.508 e. The molecule has 134 valence electrons. The van der Waals surface area contributed by atoms with E-state index >= 15 is 0 Å². The van der Waals surface area contributed by atoms with Gasteiger partial charge in [0, 0.05) is 19.7 Å². The molecule has 1 aromatic carbocycles. The van der Waals surface area contributed by atoms with Crippen LogP contribution in [0.25, 0.3) is 11.0 Å². The van der Waals surface area contributed by atoms with Crippen molar-refractivity contribution < 1.29 is 19.4 Å². The molecule has 3 aromatic rings. The van der Waals surface area contributed by atoms with Gasteiger partial charge < -0.3 is 15.2 Å². The Bertz CT molecular complexity index is 949. The van der Waals surface area contributed by atoms with Gasteiger partial charge in [-0.25, -0.2) is 4.79 Å². The predicted octanol–water partition coefficient (Wildman–Crippen LogP) is 1.19. The van der Waals surface area contributed by atoms with Crippen LogP contribution in [0.5, 0.6) is 5.75 Å². The number of ether oxygens (including phenoxy) is 1. The summed E-state index contributed by atoms with van der Waals surface area (Å²) in [6.45, 7) is 0. The molecule has 8 heteroatoms. The first-order valence-corrected chi connectivity index (χ1v) is 7.92. The lowest BCUT2D eigenvalue weighted by atomic mass is 10.1. The van der Waals surface area contributed by atoms with Gasteiger partial charge in [0.25, 0.3) is 5.91 Å². The molecular weight excluding hydrogens is 336 g/mol. The Morgan fingerprint density at radius 3 is 2.69 bits per heavy atom. The van der Waals surface area contributed by atoms with E-state index in [1.54, 1.807) is 36.1 Å². The molecule has 3 rings (SSSR count). The van der Waals surface area contributed by atoms with Gasteiger partial charge in [-0.1, -0.05) is 12.1 Å². The number of phenolic OH excluding ortho intramolecular Hbond substituents is 1. The van der Waals surface area contributed by atoms with E-state index in [1.807, 2.05) is 0 Å². The third-order valence-electron chi connectivity index (χ3n) is 4.03. The lowest BCUT2D eigenvalue weighted by Crippen LogP contribution is -2.43. The fourth-order valence-corrected chi connectivity index (χ4v) is 2.59. The number of hydrogen-bond donors (Lipinski definition) is 2. The molecule has 0 aliphatic heterocycles. The first-order chi connectivity index (χ1) is 12.5. The molecule has 1 amide bonds. The van der Waals surface area contributed by atoms with E-state index in [-0.39, 0.29) is 12.2 Å². The van der Waals surface area contributed by atoms with Crippen LogP contribution in [0.1, 0.15) is 15.9 Å². The number of nitrogens with zero attached hydrogens (tertiary/aromatic N) is 3. The van der Waals surface area contributed by atoms with Crippen molar-refractivity contribution in [1.29, 1.82) is 0 Å². The van der Waals surface area contributed by atoms with Gasteiger partial charge in [-0.05, 0) is 23.8 Å². The highest BCUT2D eigenvalue weighted by Crippen LogP contribution is 2.14. The number of aromatic hydroxyl groups is 1. The van der Waals surface area contributed by atoms with Crippen molar-refractivity contribution in [3.05, 3.63) is 53.9 Å². The average Bonchev–Trinajstić information content (AvgIpc) is 3.02. The minimum absolute atomic E-state index is 0.128. The van der Waals surface area contributed by atoms with Crippen molar-refractivity contribution in [2.24, 2.45) is 7.05 Å². The molecule has 8 nitrogen and oxygen atoms in total. The number of fused-ring (bicyclic) bond motifs is 1. The number of nitrogens with one attached hydrogen (secondary N) is 1. The molecule has 2 N–H and O–H groups in total. The Morgan fingerprint density at radius 2 is 2.00 bits per heavy atom. The lowest BCUT2D eigenvalue weighted by molar-refractivity contribution is -0.142. The van der Waals surface area contributed by atoms with Crippen LogP contribution >= 0.6 is 0 Å². The van der Waals surface area contributed by atoms with Gasteiger partial charge in [0.2, 0.25) is 0 Å². The summed E-state index contributed by atoms with van der Waals surface area (Å²) < 4.78 is 6.41. The topological polar surface area (TPSA) is 106 Å². The van der Waals surface area contributed by atoms with E-state index in [0.29, 0.717) is 16.6 Å². The smallest absolute Gasteiger partial charge is 0.328 e.